The summed E-state index contributed by atoms with van der Waals surface area (Å²) in [5.74, 6) is 0.432. The molecule has 1 aromatic heterocycles. The molecule has 0 saturated heterocycles. The molecular formula is C35H28FN3O. The fraction of sp³-hybridized carbons (Fsp3) is 0.0857. The van der Waals surface area contributed by atoms with Crippen molar-refractivity contribution in [2.75, 3.05) is 12.1 Å². The average molecular weight is 526 g/mol. The normalized spacial score (nSPS) is 16.2. The monoisotopic (exact) mass is 525 g/mol. The zero-order chi connectivity index (χ0) is 27.3. The summed E-state index contributed by atoms with van der Waals surface area (Å²) >= 11 is 0. The molecule has 2 heterocycles. The molecule has 1 aliphatic heterocycles. The molecule has 1 aliphatic rings. The van der Waals surface area contributed by atoms with Crippen molar-refractivity contribution in [3.63, 3.8) is 0 Å². The number of aliphatic imine (C=N–C) groups is 1. The van der Waals surface area contributed by atoms with Gasteiger partial charge in [0.2, 0.25) is 0 Å². The number of hydrazone groups is 1. The van der Waals surface area contributed by atoms with Gasteiger partial charge in [-0.15, -0.1) is 0 Å². The molecule has 196 valence electrons. The Morgan fingerprint density at radius 3 is 2.33 bits per heavy atom. The second-order valence-electron chi connectivity index (χ2n) is 9.57. The van der Waals surface area contributed by atoms with Gasteiger partial charge in [-0.25, -0.2) is 4.39 Å². The Morgan fingerprint density at radius 1 is 0.900 bits per heavy atom. The quantitative estimate of drug-likeness (QED) is 0.158. The molecule has 1 unspecified atom stereocenters. The van der Waals surface area contributed by atoms with Crippen LogP contribution in [0.1, 0.15) is 23.3 Å². The highest BCUT2D eigenvalue weighted by Crippen LogP contribution is 2.33. The van der Waals surface area contributed by atoms with Gasteiger partial charge >= 0.3 is 0 Å². The summed E-state index contributed by atoms with van der Waals surface area (Å²) in [4.78, 5) is 4.76. The van der Waals surface area contributed by atoms with Gasteiger partial charge in [-0.1, -0.05) is 97.1 Å². The fourth-order valence-corrected chi connectivity index (χ4v) is 5.04. The van der Waals surface area contributed by atoms with Crippen LogP contribution < -0.4 is 5.01 Å². The maximum atomic E-state index is 13.7. The van der Waals surface area contributed by atoms with E-state index in [-0.39, 0.29) is 11.9 Å². The Labute approximate surface area is 233 Å². The number of fused-ring (bicyclic) bond motifs is 1. The zero-order valence-electron chi connectivity index (χ0n) is 22.1. The van der Waals surface area contributed by atoms with Crippen LogP contribution in [-0.2, 0) is 0 Å². The maximum absolute atomic E-state index is 13.7. The lowest BCUT2D eigenvalue weighted by Gasteiger charge is -2.26. The second kappa shape index (κ2) is 11.4. The lowest BCUT2D eigenvalue weighted by Crippen LogP contribution is -2.32. The third-order valence-corrected chi connectivity index (χ3v) is 6.99. The van der Waals surface area contributed by atoms with Gasteiger partial charge in [0.25, 0.3) is 0 Å². The van der Waals surface area contributed by atoms with E-state index in [4.69, 9.17) is 14.5 Å². The summed E-state index contributed by atoms with van der Waals surface area (Å²) in [6.07, 6.45) is 6.85. The molecule has 40 heavy (non-hydrogen) atoms. The van der Waals surface area contributed by atoms with Gasteiger partial charge in [-0.3, -0.25) is 10.0 Å². The van der Waals surface area contributed by atoms with E-state index in [0.717, 1.165) is 44.8 Å². The molecule has 0 saturated carbocycles. The van der Waals surface area contributed by atoms with Crippen LogP contribution >= 0.6 is 0 Å². The van der Waals surface area contributed by atoms with Crippen molar-refractivity contribution in [2.45, 2.75) is 12.5 Å². The first kappa shape index (κ1) is 25.3. The Hall–Kier alpha value is -5.03. The molecule has 0 N–H and O–H groups in total. The van der Waals surface area contributed by atoms with Crippen molar-refractivity contribution < 1.29 is 8.81 Å². The van der Waals surface area contributed by atoms with Crippen LogP contribution in [0.3, 0.4) is 0 Å². The smallest absolute Gasteiger partial charge is 0.153 e. The van der Waals surface area contributed by atoms with E-state index in [1.54, 1.807) is 19.2 Å². The molecule has 0 fully saturated rings. The third-order valence-electron chi connectivity index (χ3n) is 6.99. The van der Waals surface area contributed by atoms with E-state index >= 15 is 0 Å². The topological polar surface area (TPSA) is 41.1 Å². The molecule has 4 aromatic carbocycles. The van der Waals surface area contributed by atoms with Crippen LogP contribution in [0.2, 0.25) is 0 Å². The van der Waals surface area contributed by atoms with E-state index in [2.05, 4.69) is 30.4 Å². The van der Waals surface area contributed by atoms with Gasteiger partial charge in [-0.05, 0) is 47.5 Å². The number of hydrogen-bond donors (Lipinski definition) is 0. The lowest BCUT2D eigenvalue weighted by molar-refractivity contribution is 0.603. The van der Waals surface area contributed by atoms with Gasteiger partial charge in [0.05, 0.1) is 17.4 Å². The highest BCUT2D eigenvalue weighted by molar-refractivity contribution is 6.15. The fourth-order valence-electron chi connectivity index (χ4n) is 5.04. The minimum absolute atomic E-state index is 0.171. The number of para-hydroxylation sites is 2. The predicted molar refractivity (Wildman–Crippen MR) is 162 cm³/mol. The number of allylic oxidation sites excluding steroid dienone is 2. The minimum atomic E-state index is -0.268. The van der Waals surface area contributed by atoms with Gasteiger partial charge < -0.3 is 4.42 Å². The van der Waals surface area contributed by atoms with Crippen molar-refractivity contribution in [1.29, 1.82) is 0 Å². The summed E-state index contributed by atoms with van der Waals surface area (Å²) in [5, 5.41) is 8.11. The first-order valence-electron chi connectivity index (χ1n) is 13.3. The molecule has 5 heteroatoms. The average Bonchev–Trinajstić information content (AvgIpc) is 3.63. The van der Waals surface area contributed by atoms with Gasteiger partial charge in [0.15, 0.2) is 5.76 Å². The van der Waals surface area contributed by atoms with Crippen LogP contribution in [0, 0.1) is 5.82 Å². The Balaban J connectivity index is 1.46. The summed E-state index contributed by atoms with van der Waals surface area (Å²) in [6, 6.07) is 36.6. The minimum Gasteiger partial charge on any atom is -0.454 e. The van der Waals surface area contributed by atoms with E-state index in [9.17, 15) is 4.39 Å². The molecule has 5 aromatic rings. The van der Waals surface area contributed by atoms with Crippen molar-refractivity contribution in [1.82, 2.24) is 0 Å². The van der Waals surface area contributed by atoms with Crippen LogP contribution in [0.5, 0.6) is 0 Å². The summed E-state index contributed by atoms with van der Waals surface area (Å²) in [7, 11) is 1.79. The first-order chi connectivity index (χ1) is 19.7. The number of nitrogens with zero attached hydrogens (tertiary/aromatic N) is 3. The molecule has 0 aliphatic carbocycles. The van der Waals surface area contributed by atoms with E-state index < -0.39 is 0 Å². The summed E-state index contributed by atoms with van der Waals surface area (Å²) < 4.78 is 20.0. The number of benzene rings is 4. The van der Waals surface area contributed by atoms with Gasteiger partial charge in [-0.2, -0.15) is 5.10 Å². The van der Waals surface area contributed by atoms with E-state index in [1.807, 2.05) is 83.9 Å². The van der Waals surface area contributed by atoms with E-state index in [1.165, 1.54) is 12.1 Å². The van der Waals surface area contributed by atoms with Crippen molar-refractivity contribution in [3.8, 4) is 0 Å². The Kier molecular flexibility index (Phi) is 7.18. The van der Waals surface area contributed by atoms with Crippen LogP contribution in [0.4, 0.5) is 10.1 Å². The zero-order valence-corrected chi connectivity index (χ0v) is 22.1. The molecule has 0 bridgehead atoms. The van der Waals surface area contributed by atoms with Crippen molar-refractivity contribution in [2.24, 2.45) is 10.1 Å². The number of rotatable bonds is 7. The molecule has 1 atom stereocenters. The highest BCUT2D eigenvalue weighted by Gasteiger charge is 2.34. The number of anilines is 1. The van der Waals surface area contributed by atoms with Gasteiger partial charge in [0, 0.05) is 24.4 Å². The molecule has 0 radical (unpaired) electrons. The lowest BCUT2D eigenvalue weighted by atomic mass is 9.93. The standard InChI is InChI=1S/C35H28FN3O/c1-37-35(34-23-27-14-8-9-18-33(27)40-34)30(17-10-13-25-11-4-2-5-12-25)32-24-31(26-19-21-28(36)22-20-26)38-39(32)29-15-6-3-7-16-29/h2-23,32H,24H2,1H3/b13-10-,30-17-,37-35+. The van der Waals surface area contributed by atoms with Crippen LogP contribution in [0.25, 0.3) is 17.0 Å². The van der Waals surface area contributed by atoms with Crippen LogP contribution in [-0.4, -0.2) is 24.5 Å². The molecule has 0 amide bonds. The number of furan rings is 1. The van der Waals surface area contributed by atoms with Crippen LogP contribution in [0.15, 0.2) is 147 Å². The largest absolute Gasteiger partial charge is 0.454 e. The Bertz CT molecular complexity index is 1700. The highest BCUT2D eigenvalue weighted by atomic mass is 19.1. The third kappa shape index (κ3) is 5.27. The Morgan fingerprint density at radius 2 is 1.60 bits per heavy atom. The summed E-state index contributed by atoms with van der Waals surface area (Å²) in [6.45, 7) is 0. The first-order valence-corrected chi connectivity index (χ1v) is 13.3. The molecule has 6 rings (SSSR count). The maximum Gasteiger partial charge on any atom is 0.153 e. The predicted octanol–water partition coefficient (Wildman–Crippen LogP) is 8.31. The van der Waals surface area contributed by atoms with Crippen molar-refractivity contribution in [3.05, 3.63) is 156 Å². The number of halogens is 1. The van der Waals surface area contributed by atoms with Crippen molar-refractivity contribution >= 4 is 34.2 Å². The number of hydrogen-bond acceptors (Lipinski definition) is 4. The summed E-state index contributed by atoms with van der Waals surface area (Å²) in [5.41, 5.74) is 6.38. The molecular weight excluding hydrogens is 497 g/mol. The SMILES string of the molecule is C\N=C(/C(=C\C=C/c1ccccc1)C1CC(c2ccc(F)cc2)=NN1c1ccccc1)c1cc2ccccc2o1. The second-order valence-corrected chi connectivity index (χ2v) is 9.57. The van der Waals surface area contributed by atoms with E-state index in [0.29, 0.717) is 12.2 Å². The molecule has 4 nitrogen and oxygen atoms in total. The van der Waals surface area contributed by atoms with Gasteiger partial charge in [0.1, 0.15) is 17.1 Å². The molecule has 0 spiro atoms.